The Bertz CT molecular complexity index is 351. The number of carboxylic acids is 1. The van der Waals surface area contributed by atoms with Crippen molar-refractivity contribution in [2.24, 2.45) is 17.8 Å². The molecule has 20 heavy (non-hydrogen) atoms. The summed E-state index contributed by atoms with van der Waals surface area (Å²) in [5.74, 6) is 0.226. The van der Waals surface area contributed by atoms with Crippen molar-refractivity contribution in [1.29, 1.82) is 0 Å². The van der Waals surface area contributed by atoms with Gasteiger partial charge < -0.3 is 15.3 Å². The molecule has 2 amide bonds. The van der Waals surface area contributed by atoms with Gasteiger partial charge in [0.25, 0.3) is 0 Å². The number of carbonyl (C=O) groups is 2. The van der Waals surface area contributed by atoms with E-state index in [4.69, 9.17) is 5.11 Å². The Morgan fingerprint density at radius 1 is 1.20 bits per heavy atom. The summed E-state index contributed by atoms with van der Waals surface area (Å²) in [5.41, 5.74) is 0. The molecule has 2 N–H and O–H groups in total. The van der Waals surface area contributed by atoms with E-state index in [2.05, 4.69) is 12.2 Å². The third kappa shape index (κ3) is 4.12. The highest BCUT2D eigenvalue weighted by Gasteiger charge is 2.28. The van der Waals surface area contributed by atoms with Gasteiger partial charge in [0.2, 0.25) is 0 Å². The Hall–Kier alpha value is -1.26. The zero-order valence-corrected chi connectivity index (χ0v) is 12.3. The quantitative estimate of drug-likeness (QED) is 0.834. The lowest BCUT2D eigenvalue weighted by molar-refractivity contribution is -0.143. The predicted octanol–water partition coefficient (Wildman–Crippen LogP) is 2.32. The molecule has 0 bridgehead atoms. The van der Waals surface area contributed by atoms with Crippen LogP contribution in [0.1, 0.15) is 45.4 Å². The Labute approximate surface area is 120 Å². The van der Waals surface area contributed by atoms with Crippen LogP contribution in [0.25, 0.3) is 0 Å². The van der Waals surface area contributed by atoms with Crippen molar-refractivity contribution < 1.29 is 14.7 Å². The van der Waals surface area contributed by atoms with E-state index in [-0.39, 0.29) is 6.03 Å². The number of rotatable bonds is 3. The molecule has 2 fully saturated rings. The van der Waals surface area contributed by atoms with Gasteiger partial charge in [0.15, 0.2) is 0 Å². The normalized spacial score (nSPS) is 30.9. The summed E-state index contributed by atoms with van der Waals surface area (Å²) in [5, 5.41) is 12.0. The topological polar surface area (TPSA) is 69.6 Å². The molecule has 5 nitrogen and oxygen atoms in total. The Balaban J connectivity index is 1.73. The highest BCUT2D eigenvalue weighted by atomic mass is 16.4. The van der Waals surface area contributed by atoms with E-state index >= 15 is 0 Å². The lowest BCUT2D eigenvalue weighted by Crippen LogP contribution is -2.48. The van der Waals surface area contributed by atoms with Gasteiger partial charge in [-0.15, -0.1) is 0 Å². The van der Waals surface area contributed by atoms with Crippen LogP contribution in [0.3, 0.4) is 0 Å². The zero-order chi connectivity index (χ0) is 14.5. The molecule has 114 valence electrons. The number of amides is 2. The first kappa shape index (κ1) is 15.1. The second kappa shape index (κ2) is 6.95. The molecule has 0 spiro atoms. The fourth-order valence-electron chi connectivity index (χ4n) is 3.24. The molecule has 0 aromatic rings. The Morgan fingerprint density at radius 2 is 1.90 bits per heavy atom. The van der Waals surface area contributed by atoms with Gasteiger partial charge in [0.1, 0.15) is 0 Å². The molecular formula is C15H26N2O3. The van der Waals surface area contributed by atoms with Crippen molar-refractivity contribution in [3.8, 4) is 0 Å². The van der Waals surface area contributed by atoms with Crippen molar-refractivity contribution in [1.82, 2.24) is 10.2 Å². The third-order valence-electron chi connectivity index (χ3n) is 4.74. The summed E-state index contributed by atoms with van der Waals surface area (Å²) in [4.78, 5) is 24.8. The first-order chi connectivity index (χ1) is 9.56. The number of likely N-dealkylation sites (tertiary alicyclic amines) is 1. The van der Waals surface area contributed by atoms with E-state index in [9.17, 15) is 9.59 Å². The van der Waals surface area contributed by atoms with E-state index in [0.717, 1.165) is 18.9 Å². The lowest BCUT2D eigenvalue weighted by atomic mass is 9.83. The van der Waals surface area contributed by atoms with E-state index < -0.39 is 11.9 Å². The molecule has 0 aromatic carbocycles. The Kier molecular flexibility index (Phi) is 5.26. The first-order valence-electron chi connectivity index (χ1n) is 7.82. The minimum atomic E-state index is -0.788. The first-order valence-corrected chi connectivity index (χ1v) is 7.82. The molecule has 1 aliphatic carbocycles. The van der Waals surface area contributed by atoms with Crippen LogP contribution in [0.4, 0.5) is 4.79 Å². The van der Waals surface area contributed by atoms with E-state index in [0.29, 0.717) is 25.4 Å². The number of nitrogens with one attached hydrogen (secondary N) is 1. The molecule has 1 heterocycles. The maximum absolute atomic E-state index is 12.1. The molecule has 1 aliphatic heterocycles. The SMILES string of the molecule is CC1CCC(CNC(=O)N2CCCC(C(=O)O)C2)CC1. The second-order valence-corrected chi connectivity index (χ2v) is 6.44. The van der Waals surface area contributed by atoms with Crippen LogP contribution in [-0.2, 0) is 4.79 Å². The van der Waals surface area contributed by atoms with Gasteiger partial charge in [-0.1, -0.05) is 19.8 Å². The van der Waals surface area contributed by atoms with Gasteiger partial charge in [-0.3, -0.25) is 4.79 Å². The number of hydrogen-bond acceptors (Lipinski definition) is 2. The molecular weight excluding hydrogens is 256 g/mol. The number of hydrogen-bond donors (Lipinski definition) is 2. The average molecular weight is 282 g/mol. The molecule has 0 aromatic heterocycles. The number of carbonyl (C=O) groups excluding carboxylic acids is 1. The van der Waals surface area contributed by atoms with Gasteiger partial charge in [0.05, 0.1) is 5.92 Å². The molecule has 2 rings (SSSR count). The highest BCUT2D eigenvalue weighted by Crippen LogP contribution is 2.27. The van der Waals surface area contributed by atoms with Crippen molar-refractivity contribution in [3.63, 3.8) is 0 Å². The monoisotopic (exact) mass is 282 g/mol. The summed E-state index contributed by atoms with van der Waals surface area (Å²) in [6.07, 6.45) is 6.36. The average Bonchev–Trinajstić information content (AvgIpc) is 2.46. The maximum Gasteiger partial charge on any atom is 0.317 e. The van der Waals surface area contributed by atoms with Crippen molar-refractivity contribution >= 4 is 12.0 Å². The highest BCUT2D eigenvalue weighted by molar-refractivity contribution is 5.76. The van der Waals surface area contributed by atoms with Gasteiger partial charge >= 0.3 is 12.0 Å². The van der Waals surface area contributed by atoms with E-state index in [1.165, 1.54) is 25.7 Å². The lowest BCUT2D eigenvalue weighted by Gasteiger charge is -2.32. The van der Waals surface area contributed by atoms with E-state index in [1.807, 2.05) is 0 Å². The second-order valence-electron chi connectivity index (χ2n) is 6.44. The number of urea groups is 1. The summed E-state index contributed by atoms with van der Waals surface area (Å²) < 4.78 is 0. The molecule has 1 atom stereocenters. The minimum absolute atomic E-state index is 0.0884. The van der Waals surface area contributed by atoms with E-state index in [1.54, 1.807) is 4.90 Å². The van der Waals surface area contributed by atoms with Crippen LogP contribution < -0.4 is 5.32 Å². The molecule has 2 aliphatic rings. The summed E-state index contributed by atoms with van der Waals surface area (Å²) in [6, 6.07) is -0.0884. The van der Waals surface area contributed by atoms with Crippen molar-refractivity contribution in [3.05, 3.63) is 0 Å². The molecule has 5 heteroatoms. The number of nitrogens with zero attached hydrogens (tertiary/aromatic N) is 1. The number of aliphatic carboxylic acids is 1. The largest absolute Gasteiger partial charge is 0.481 e. The molecule has 1 saturated carbocycles. The molecule has 0 radical (unpaired) electrons. The standard InChI is InChI=1S/C15H26N2O3/c1-11-4-6-12(7-5-11)9-16-15(20)17-8-2-3-13(10-17)14(18)19/h11-13H,2-10H2,1H3,(H,16,20)(H,18,19). The fourth-order valence-corrected chi connectivity index (χ4v) is 3.24. The van der Waals surface area contributed by atoms with Crippen LogP contribution in [0.5, 0.6) is 0 Å². The van der Waals surface area contributed by atoms with Crippen LogP contribution in [0.15, 0.2) is 0 Å². The molecule has 1 saturated heterocycles. The van der Waals surface area contributed by atoms with Crippen molar-refractivity contribution in [2.45, 2.75) is 45.4 Å². The summed E-state index contributed by atoms with van der Waals surface area (Å²) in [6.45, 7) is 4.05. The number of piperidine rings is 1. The smallest absolute Gasteiger partial charge is 0.317 e. The van der Waals surface area contributed by atoms with Crippen LogP contribution in [0.2, 0.25) is 0 Å². The molecule has 1 unspecified atom stereocenters. The predicted molar refractivity (Wildman–Crippen MR) is 76.5 cm³/mol. The van der Waals surface area contributed by atoms with Gasteiger partial charge in [-0.2, -0.15) is 0 Å². The van der Waals surface area contributed by atoms with Gasteiger partial charge in [-0.05, 0) is 37.5 Å². The van der Waals surface area contributed by atoms with Crippen molar-refractivity contribution in [2.75, 3.05) is 19.6 Å². The minimum Gasteiger partial charge on any atom is -0.481 e. The van der Waals surface area contributed by atoms with Gasteiger partial charge in [-0.25, -0.2) is 4.79 Å². The fraction of sp³-hybridized carbons (Fsp3) is 0.867. The summed E-state index contributed by atoms with van der Waals surface area (Å²) >= 11 is 0. The van der Waals surface area contributed by atoms with Crippen LogP contribution >= 0.6 is 0 Å². The Morgan fingerprint density at radius 3 is 2.55 bits per heavy atom. The maximum atomic E-state index is 12.1. The van der Waals surface area contributed by atoms with Crippen LogP contribution in [-0.4, -0.2) is 41.6 Å². The third-order valence-corrected chi connectivity index (χ3v) is 4.74. The number of carboxylic acid groups (broad SMARTS) is 1. The van der Waals surface area contributed by atoms with Crippen LogP contribution in [0, 0.1) is 17.8 Å². The zero-order valence-electron chi connectivity index (χ0n) is 12.3. The summed E-state index contributed by atoms with van der Waals surface area (Å²) in [7, 11) is 0. The van der Waals surface area contributed by atoms with Gasteiger partial charge in [0, 0.05) is 19.6 Å².